The standard InChI is InChI=1S/C22H16ClF5N2O6S/c23-14-5-10-6-19(20(14)31)37(33,34)30-17-8-12(15(24)9-16(17)25)13-7-11(36-22(26,27)28)1-2-18(13)35-4-3-29-21(10)32/h1-2,5-9,21,29-32H,3-4H2. The number of aliphatic hydroxyl groups is 1. The number of nitrogens with one attached hydrogen (secondary N) is 2. The van der Waals surface area contributed by atoms with Crippen LogP contribution in [0.25, 0.3) is 11.1 Å². The van der Waals surface area contributed by atoms with Gasteiger partial charge in [-0.05, 0) is 42.0 Å². The summed E-state index contributed by atoms with van der Waals surface area (Å²) in [7, 11) is -4.79. The Labute approximate surface area is 211 Å². The molecule has 1 aliphatic heterocycles. The van der Waals surface area contributed by atoms with E-state index in [1.165, 1.54) is 0 Å². The van der Waals surface area contributed by atoms with Crippen molar-refractivity contribution in [3.8, 4) is 28.4 Å². The fourth-order valence-corrected chi connectivity index (χ4v) is 5.00. The molecule has 0 aromatic heterocycles. The molecule has 37 heavy (non-hydrogen) atoms. The molecule has 0 radical (unpaired) electrons. The van der Waals surface area contributed by atoms with E-state index in [-0.39, 0.29) is 30.0 Å². The maximum atomic E-state index is 14.8. The number of benzene rings is 3. The van der Waals surface area contributed by atoms with Gasteiger partial charge in [0.2, 0.25) is 0 Å². The van der Waals surface area contributed by atoms with Gasteiger partial charge in [-0.2, -0.15) is 0 Å². The lowest BCUT2D eigenvalue weighted by Gasteiger charge is -2.17. The zero-order valence-electron chi connectivity index (χ0n) is 18.2. The summed E-state index contributed by atoms with van der Waals surface area (Å²) < 4.78 is 105. The highest BCUT2D eigenvalue weighted by atomic mass is 35.5. The van der Waals surface area contributed by atoms with Gasteiger partial charge in [-0.15, -0.1) is 13.2 Å². The second-order valence-electron chi connectivity index (χ2n) is 7.68. The first-order valence-electron chi connectivity index (χ1n) is 10.2. The summed E-state index contributed by atoms with van der Waals surface area (Å²) in [5.41, 5.74) is -1.73. The molecule has 0 spiro atoms. The molecular formula is C22H16ClF5N2O6S. The monoisotopic (exact) mass is 566 g/mol. The van der Waals surface area contributed by atoms with Gasteiger partial charge >= 0.3 is 6.36 Å². The summed E-state index contributed by atoms with van der Waals surface area (Å²) in [6.45, 7) is -0.286. The zero-order valence-corrected chi connectivity index (χ0v) is 19.8. The average molecular weight is 567 g/mol. The lowest BCUT2D eigenvalue weighted by molar-refractivity contribution is -0.274. The van der Waals surface area contributed by atoms with Crippen molar-refractivity contribution in [2.45, 2.75) is 17.5 Å². The predicted molar refractivity (Wildman–Crippen MR) is 121 cm³/mol. The number of anilines is 1. The molecule has 0 aliphatic carbocycles. The number of hydrogen-bond acceptors (Lipinski definition) is 7. The predicted octanol–water partition coefficient (Wildman–Crippen LogP) is 4.66. The molecule has 1 aliphatic rings. The Morgan fingerprint density at radius 3 is 2.49 bits per heavy atom. The number of halogens is 6. The van der Waals surface area contributed by atoms with Crippen molar-refractivity contribution in [3.63, 3.8) is 0 Å². The minimum atomic E-state index is -5.08. The highest BCUT2D eigenvalue weighted by Gasteiger charge is 2.32. The van der Waals surface area contributed by atoms with Crippen LogP contribution in [0.1, 0.15) is 11.8 Å². The van der Waals surface area contributed by atoms with Crippen LogP contribution in [0, 0.1) is 11.6 Å². The maximum Gasteiger partial charge on any atom is 0.573 e. The van der Waals surface area contributed by atoms with Gasteiger partial charge in [-0.3, -0.25) is 10.0 Å². The zero-order chi connectivity index (χ0) is 27.1. The molecule has 8 nitrogen and oxygen atoms in total. The van der Waals surface area contributed by atoms with Crippen LogP contribution in [-0.2, 0) is 10.0 Å². The minimum Gasteiger partial charge on any atom is -0.505 e. The Kier molecular flexibility index (Phi) is 7.12. The number of sulfonamides is 1. The summed E-state index contributed by atoms with van der Waals surface area (Å²) >= 11 is 5.92. The van der Waals surface area contributed by atoms with E-state index in [9.17, 15) is 40.6 Å². The molecule has 3 aromatic carbocycles. The van der Waals surface area contributed by atoms with Crippen LogP contribution in [0.4, 0.5) is 27.6 Å². The van der Waals surface area contributed by atoms with E-state index in [2.05, 4.69) is 10.1 Å². The van der Waals surface area contributed by atoms with Crippen LogP contribution < -0.4 is 19.5 Å². The summed E-state index contributed by atoms with van der Waals surface area (Å²) in [5.74, 6) is -4.42. The normalized spacial score (nSPS) is 17.4. The average Bonchev–Trinajstić information content (AvgIpc) is 2.79. The molecule has 3 aromatic rings. The number of hydrogen-bond donors (Lipinski definition) is 4. The fourth-order valence-electron chi connectivity index (χ4n) is 3.51. The quantitative estimate of drug-likeness (QED) is 0.317. The van der Waals surface area contributed by atoms with Crippen molar-refractivity contribution in [1.82, 2.24) is 5.32 Å². The van der Waals surface area contributed by atoms with E-state index in [0.29, 0.717) is 12.1 Å². The van der Waals surface area contributed by atoms with Crippen molar-refractivity contribution in [3.05, 3.63) is 64.7 Å². The van der Waals surface area contributed by atoms with Crippen LogP contribution >= 0.6 is 11.6 Å². The fraction of sp³-hybridized carbons (Fsp3) is 0.182. The first kappa shape index (κ1) is 26.7. The smallest absolute Gasteiger partial charge is 0.505 e. The van der Waals surface area contributed by atoms with Gasteiger partial charge in [0.1, 0.15) is 40.9 Å². The van der Waals surface area contributed by atoms with E-state index < -0.39 is 66.9 Å². The Balaban J connectivity index is 1.91. The van der Waals surface area contributed by atoms with Gasteiger partial charge in [0.05, 0.1) is 10.7 Å². The van der Waals surface area contributed by atoms with E-state index in [1.54, 1.807) is 0 Å². The lowest BCUT2D eigenvalue weighted by atomic mass is 10.0. The summed E-state index contributed by atoms with van der Waals surface area (Å²) in [5, 5.41) is 22.8. The van der Waals surface area contributed by atoms with Crippen molar-refractivity contribution in [1.29, 1.82) is 0 Å². The third-order valence-electron chi connectivity index (χ3n) is 5.13. The Morgan fingerprint density at radius 1 is 1.05 bits per heavy atom. The number of rotatable bonds is 1. The summed E-state index contributed by atoms with van der Waals surface area (Å²) in [4.78, 5) is -0.825. The molecule has 4 bridgehead atoms. The molecule has 198 valence electrons. The number of phenolic OH excluding ortho intramolecular Hbond substituents is 1. The summed E-state index contributed by atoms with van der Waals surface area (Å²) in [6.07, 6.45) is -6.58. The van der Waals surface area contributed by atoms with Crippen molar-refractivity contribution >= 4 is 27.3 Å². The summed E-state index contributed by atoms with van der Waals surface area (Å²) in [6, 6.07) is 5.76. The highest BCUT2D eigenvalue weighted by Crippen LogP contribution is 2.40. The topological polar surface area (TPSA) is 117 Å². The molecular weight excluding hydrogens is 551 g/mol. The van der Waals surface area contributed by atoms with Gasteiger partial charge in [-0.25, -0.2) is 17.2 Å². The maximum absolute atomic E-state index is 14.8. The van der Waals surface area contributed by atoms with Crippen molar-refractivity contribution < 1.29 is 50.1 Å². The molecule has 15 heteroatoms. The molecule has 4 rings (SSSR count). The van der Waals surface area contributed by atoms with Crippen LogP contribution in [-0.4, -0.2) is 38.1 Å². The number of fused-ring (bicyclic) bond motifs is 6. The number of phenols is 1. The number of aromatic hydroxyl groups is 1. The second-order valence-corrected chi connectivity index (χ2v) is 9.74. The van der Waals surface area contributed by atoms with Crippen LogP contribution in [0.5, 0.6) is 17.2 Å². The molecule has 0 fully saturated rings. The van der Waals surface area contributed by atoms with Crippen molar-refractivity contribution in [2.75, 3.05) is 17.9 Å². The number of ether oxygens (including phenoxy) is 2. The first-order chi connectivity index (χ1) is 17.2. The third kappa shape index (κ3) is 5.82. The minimum absolute atomic E-state index is 0.0762. The second kappa shape index (κ2) is 9.85. The van der Waals surface area contributed by atoms with Gasteiger partial charge in [-0.1, -0.05) is 11.6 Å². The van der Waals surface area contributed by atoms with E-state index in [0.717, 1.165) is 30.3 Å². The van der Waals surface area contributed by atoms with Gasteiger partial charge in [0.25, 0.3) is 10.0 Å². The number of alkyl halides is 3. The third-order valence-corrected chi connectivity index (χ3v) is 6.80. The molecule has 4 N–H and O–H groups in total. The highest BCUT2D eigenvalue weighted by molar-refractivity contribution is 7.92. The molecule has 1 atom stereocenters. The van der Waals surface area contributed by atoms with Gasteiger partial charge < -0.3 is 19.7 Å². The SMILES string of the molecule is O=S1(=O)Nc2cc(c(F)cc2F)-c2cc(OC(F)(F)F)ccc2OCCNC(O)c2cc(Cl)c(O)c1c2. The van der Waals surface area contributed by atoms with Crippen LogP contribution in [0.2, 0.25) is 5.02 Å². The largest absolute Gasteiger partial charge is 0.573 e. The van der Waals surface area contributed by atoms with Crippen LogP contribution in [0.3, 0.4) is 0 Å². The van der Waals surface area contributed by atoms with Gasteiger partial charge in [0, 0.05) is 23.7 Å². The van der Waals surface area contributed by atoms with Crippen molar-refractivity contribution in [2.24, 2.45) is 0 Å². The van der Waals surface area contributed by atoms with E-state index in [1.807, 2.05) is 4.72 Å². The van der Waals surface area contributed by atoms with E-state index >= 15 is 0 Å². The molecule has 0 saturated heterocycles. The molecule has 1 heterocycles. The van der Waals surface area contributed by atoms with Crippen LogP contribution in [0.15, 0.2) is 47.4 Å². The Bertz CT molecular complexity index is 1470. The first-order valence-corrected chi connectivity index (χ1v) is 12.1. The Hall–Kier alpha value is -3.33. The van der Waals surface area contributed by atoms with E-state index in [4.69, 9.17) is 16.3 Å². The molecule has 0 saturated carbocycles. The Morgan fingerprint density at radius 2 is 1.78 bits per heavy atom. The molecule has 0 amide bonds. The molecule has 1 unspecified atom stereocenters. The lowest BCUT2D eigenvalue weighted by Crippen LogP contribution is -2.26. The number of aliphatic hydroxyl groups excluding tert-OH is 1. The van der Waals surface area contributed by atoms with Gasteiger partial charge in [0.15, 0.2) is 5.75 Å².